The summed E-state index contributed by atoms with van der Waals surface area (Å²) in [5.74, 6) is -0.261. The molecule has 1 aliphatic heterocycles. The van der Waals surface area contributed by atoms with E-state index in [0.717, 1.165) is 0 Å². The highest BCUT2D eigenvalue weighted by atomic mass is 32.2. The first kappa shape index (κ1) is 21.1. The van der Waals surface area contributed by atoms with E-state index in [1.165, 1.54) is 32.3 Å². The number of hydrogen-bond acceptors (Lipinski definition) is 6. The van der Waals surface area contributed by atoms with E-state index in [0.29, 0.717) is 18.6 Å². The maximum atomic E-state index is 13.2. The van der Waals surface area contributed by atoms with E-state index in [1.54, 1.807) is 33.2 Å². The van der Waals surface area contributed by atoms with Crippen LogP contribution < -0.4 is 0 Å². The highest BCUT2D eigenvalue weighted by Gasteiger charge is 2.41. The van der Waals surface area contributed by atoms with Gasteiger partial charge in [-0.1, -0.05) is 0 Å². The predicted molar refractivity (Wildman–Crippen MR) is 103 cm³/mol. The molecule has 0 spiro atoms. The summed E-state index contributed by atoms with van der Waals surface area (Å²) in [6, 6.07) is 4.00. The van der Waals surface area contributed by atoms with Crippen LogP contribution in [0.5, 0.6) is 0 Å². The van der Waals surface area contributed by atoms with Gasteiger partial charge in [-0.15, -0.1) is 0 Å². The number of aryl methyl sites for hydroxylation is 1. The fourth-order valence-electron chi connectivity index (χ4n) is 3.46. The molecule has 0 N–H and O–H groups in total. The van der Waals surface area contributed by atoms with Crippen LogP contribution in [-0.2, 0) is 33.1 Å². The first-order chi connectivity index (χ1) is 13.8. The van der Waals surface area contributed by atoms with Crippen LogP contribution in [0.3, 0.4) is 0 Å². The van der Waals surface area contributed by atoms with Crippen LogP contribution in [0.4, 0.5) is 0 Å². The molecule has 0 bridgehead atoms. The summed E-state index contributed by atoms with van der Waals surface area (Å²) in [7, 11) is -0.746. The summed E-state index contributed by atoms with van der Waals surface area (Å²) in [4.78, 5) is 26.4. The first-order valence-electron chi connectivity index (χ1n) is 9.38. The van der Waals surface area contributed by atoms with Gasteiger partial charge in [0.1, 0.15) is 22.4 Å². The van der Waals surface area contributed by atoms with Crippen molar-refractivity contribution in [2.75, 3.05) is 20.2 Å². The second-order valence-corrected chi connectivity index (χ2v) is 8.83. The topological polar surface area (TPSA) is 102 Å². The van der Waals surface area contributed by atoms with E-state index in [1.807, 2.05) is 0 Å². The van der Waals surface area contributed by atoms with Gasteiger partial charge in [-0.25, -0.2) is 13.2 Å². The average molecular weight is 423 g/mol. The van der Waals surface area contributed by atoms with E-state index in [9.17, 15) is 18.0 Å². The molecular formula is C19H25N3O6S. The van der Waals surface area contributed by atoms with Crippen molar-refractivity contribution in [1.29, 1.82) is 0 Å². The van der Waals surface area contributed by atoms with Gasteiger partial charge in [-0.05, 0) is 38.0 Å². The van der Waals surface area contributed by atoms with Crippen LogP contribution in [-0.4, -0.2) is 60.3 Å². The highest BCUT2D eigenvalue weighted by molar-refractivity contribution is 7.89. The third-order valence-electron chi connectivity index (χ3n) is 4.91. The SMILES string of the molecule is CCOC(=O)c1cc(S(=O)(=O)N2CCC[C@@H]2C(=O)N(C)Cc2ccco2)cn1C. The Morgan fingerprint density at radius 2 is 2.14 bits per heavy atom. The van der Waals surface area contributed by atoms with Gasteiger partial charge >= 0.3 is 5.97 Å². The summed E-state index contributed by atoms with van der Waals surface area (Å²) in [6.07, 6.45) is 3.92. The Hall–Kier alpha value is -2.59. The molecule has 9 nitrogen and oxygen atoms in total. The second kappa shape index (κ2) is 8.42. The third-order valence-corrected chi connectivity index (χ3v) is 6.78. The Labute approximate surface area is 169 Å². The second-order valence-electron chi connectivity index (χ2n) is 6.94. The molecule has 3 heterocycles. The molecule has 0 aliphatic carbocycles. The number of furan rings is 1. The van der Waals surface area contributed by atoms with Gasteiger partial charge in [-0.2, -0.15) is 4.31 Å². The van der Waals surface area contributed by atoms with Crippen molar-refractivity contribution in [3.8, 4) is 0 Å². The van der Waals surface area contributed by atoms with Gasteiger partial charge in [0.2, 0.25) is 15.9 Å². The number of ether oxygens (including phenoxy) is 1. The minimum absolute atomic E-state index is 0.0311. The quantitative estimate of drug-likeness (QED) is 0.627. The number of aromatic nitrogens is 1. The Morgan fingerprint density at radius 1 is 1.38 bits per heavy atom. The summed E-state index contributed by atoms with van der Waals surface area (Å²) < 4.78 is 39.3. The van der Waals surface area contributed by atoms with Crippen LogP contribution in [0, 0.1) is 0 Å². The zero-order valence-corrected chi connectivity index (χ0v) is 17.5. The Balaban J connectivity index is 1.81. The van der Waals surface area contributed by atoms with E-state index < -0.39 is 22.0 Å². The molecule has 0 aromatic carbocycles. The zero-order chi connectivity index (χ0) is 21.2. The molecule has 29 heavy (non-hydrogen) atoms. The lowest BCUT2D eigenvalue weighted by atomic mass is 10.2. The maximum absolute atomic E-state index is 13.2. The smallest absolute Gasteiger partial charge is 0.354 e. The molecular weight excluding hydrogens is 398 g/mol. The lowest BCUT2D eigenvalue weighted by Gasteiger charge is -2.26. The standard InChI is InChI=1S/C19H25N3O6S/c1-4-27-19(24)17-11-15(13-20(17)2)29(25,26)22-9-5-8-16(22)18(23)21(3)12-14-7-6-10-28-14/h6-7,10-11,13,16H,4-5,8-9,12H2,1-3H3/t16-/m1/s1. The number of esters is 1. The van der Waals surface area contributed by atoms with Crippen LogP contribution in [0.25, 0.3) is 0 Å². The normalized spacial score (nSPS) is 17.4. The Kier molecular flexibility index (Phi) is 6.13. The van der Waals surface area contributed by atoms with Crippen LogP contribution >= 0.6 is 0 Å². The predicted octanol–water partition coefficient (Wildman–Crippen LogP) is 1.61. The monoisotopic (exact) mass is 423 g/mol. The summed E-state index contributed by atoms with van der Waals surface area (Å²) in [5, 5.41) is 0. The molecule has 1 fully saturated rings. The number of sulfonamides is 1. The molecule has 0 radical (unpaired) electrons. The van der Waals surface area contributed by atoms with E-state index in [4.69, 9.17) is 9.15 Å². The number of carbonyl (C=O) groups is 2. The number of carbonyl (C=O) groups excluding carboxylic acids is 2. The van der Waals surface area contributed by atoms with E-state index >= 15 is 0 Å². The van der Waals surface area contributed by atoms with Gasteiger partial charge in [0.15, 0.2) is 0 Å². The minimum Gasteiger partial charge on any atom is -0.467 e. The van der Waals surface area contributed by atoms with E-state index in [-0.39, 0.29) is 36.2 Å². The van der Waals surface area contributed by atoms with Crippen LogP contribution in [0.2, 0.25) is 0 Å². The molecule has 158 valence electrons. The lowest BCUT2D eigenvalue weighted by molar-refractivity contribution is -0.134. The Morgan fingerprint density at radius 3 is 2.79 bits per heavy atom. The number of hydrogen-bond donors (Lipinski definition) is 0. The molecule has 1 aliphatic rings. The van der Waals surface area contributed by atoms with Crippen molar-refractivity contribution in [3.05, 3.63) is 42.1 Å². The highest BCUT2D eigenvalue weighted by Crippen LogP contribution is 2.28. The zero-order valence-electron chi connectivity index (χ0n) is 16.7. The molecule has 1 amide bonds. The molecule has 1 atom stereocenters. The Bertz CT molecular complexity index is 980. The van der Waals surface area contributed by atoms with E-state index in [2.05, 4.69) is 0 Å². The molecule has 0 saturated carbocycles. The van der Waals surface area contributed by atoms with Crippen LogP contribution in [0.15, 0.2) is 40.0 Å². The van der Waals surface area contributed by atoms with Gasteiger partial charge in [0.05, 0.1) is 19.4 Å². The molecule has 2 aromatic rings. The fourth-order valence-corrected chi connectivity index (χ4v) is 5.18. The summed E-state index contributed by atoms with van der Waals surface area (Å²) in [5.41, 5.74) is 0.141. The number of nitrogens with zero attached hydrogens (tertiary/aromatic N) is 3. The molecule has 0 unspecified atom stereocenters. The van der Waals surface area contributed by atoms with Crippen molar-refractivity contribution in [1.82, 2.24) is 13.8 Å². The number of likely N-dealkylation sites (N-methyl/N-ethyl adjacent to an activating group) is 1. The summed E-state index contributed by atoms with van der Waals surface area (Å²) in [6.45, 7) is 2.38. The van der Waals surface area contributed by atoms with Gasteiger partial charge < -0.3 is 18.6 Å². The first-order valence-corrected chi connectivity index (χ1v) is 10.8. The number of rotatable bonds is 7. The summed E-state index contributed by atoms with van der Waals surface area (Å²) >= 11 is 0. The maximum Gasteiger partial charge on any atom is 0.354 e. The fraction of sp³-hybridized carbons (Fsp3) is 0.474. The minimum atomic E-state index is -3.94. The van der Waals surface area contributed by atoms with Gasteiger partial charge in [-0.3, -0.25) is 4.79 Å². The third kappa shape index (κ3) is 4.23. The molecule has 10 heteroatoms. The molecule has 2 aromatic heterocycles. The van der Waals surface area contributed by atoms with Crippen molar-refractivity contribution >= 4 is 21.9 Å². The van der Waals surface area contributed by atoms with Crippen molar-refractivity contribution < 1.29 is 27.2 Å². The molecule has 3 rings (SSSR count). The van der Waals surface area contributed by atoms with Crippen molar-refractivity contribution in [2.24, 2.45) is 7.05 Å². The van der Waals surface area contributed by atoms with Crippen molar-refractivity contribution in [2.45, 2.75) is 37.2 Å². The van der Waals surface area contributed by atoms with Gasteiger partial charge in [0, 0.05) is 26.8 Å². The lowest BCUT2D eigenvalue weighted by Crippen LogP contribution is -2.46. The number of amides is 1. The van der Waals surface area contributed by atoms with Crippen LogP contribution in [0.1, 0.15) is 36.0 Å². The van der Waals surface area contributed by atoms with Crippen molar-refractivity contribution in [3.63, 3.8) is 0 Å². The molecule has 1 saturated heterocycles. The average Bonchev–Trinajstić information content (AvgIpc) is 3.41. The van der Waals surface area contributed by atoms with Gasteiger partial charge in [0.25, 0.3) is 0 Å². The largest absolute Gasteiger partial charge is 0.467 e.